The van der Waals surface area contributed by atoms with Crippen LogP contribution in [0.3, 0.4) is 0 Å². The van der Waals surface area contributed by atoms with Crippen LogP contribution in [0, 0.1) is 11.3 Å². The summed E-state index contributed by atoms with van der Waals surface area (Å²) in [7, 11) is 0. The highest BCUT2D eigenvalue weighted by molar-refractivity contribution is 8.01. The van der Waals surface area contributed by atoms with Crippen molar-refractivity contribution in [2.24, 2.45) is 0 Å². The SMILES string of the molecule is N#CC1(Sc2c(Cl)cccc2Cl)CC1. The monoisotopic (exact) mass is 243 g/mol. The van der Waals surface area contributed by atoms with Gasteiger partial charge in [-0.25, -0.2) is 0 Å². The fourth-order valence-electron chi connectivity index (χ4n) is 1.13. The Morgan fingerprint density at radius 1 is 1.29 bits per heavy atom. The fourth-order valence-corrected chi connectivity index (χ4v) is 2.83. The van der Waals surface area contributed by atoms with Gasteiger partial charge in [0.2, 0.25) is 0 Å². The van der Waals surface area contributed by atoms with Crippen molar-refractivity contribution in [2.45, 2.75) is 22.5 Å². The van der Waals surface area contributed by atoms with E-state index in [-0.39, 0.29) is 4.75 Å². The van der Waals surface area contributed by atoms with E-state index < -0.39 is 0 Å². The third-order valence-corrected chi connectivity index (χ3v) is 4.51. The van der Waals surface area contributed by atoms with E-state index in [0.717, 1.165) is 17.7 Å². The number of benzene rings is 1. The summed E-state index contributed by atoms with van der Waals surface area (Å²) in [6.45, 7) is 0. The summed E-state index contributed by atoms with van der Waals surface area (Å²) in [5.74, 6) is 0. The number of nitriles is 1. The lowest BCUT2D eigenvalue weighted by Gasteiger charge is -2.08. The van der Waals surface area contributed by atoms with Crippen LogP contribution < -0.4 is 0 Å². The molecule has 0 radical (unpaired) electrons. The molecule has 0 heterocycles. The van der Waals surface area contributed by atoms with Crippen LogP contribution in [-0.4, -0.2) is 4.75 Å². The minimum absolute atomic E-state index is 0.269. The van der Waals surface area contributed by atoms with Crippen molar-refractivity contribution in [1.82, 2.24) is 0 Å². The van der Waals surface area contributed by atoms with Gasteiger partial charge in [0.05, 0.1) is 16.1 Å². The van der Waals surface area contributed by atoms with Crippen LogP contribution >= 0.6 is 35.0 Å². The molecule has 1 nitrogen and oxygen atoms in total. The molecule has 1 aromatic rings. The molecule has 1 aliphatic carbocycles. The quantitative estimate of drug-likeness (QED) is 0.780. The van der Waals surface area contributed by atoms with Crippen molar-refractivity contribution >= 4 is 35.0 Å². The first-order valence-corrected chi connectivity index (χ1v) is 5.78. The minimum Gasteiger partial charge on any atom is -0.197 e. The molecule has 72 valence electrons. The number of hydrogen-bond donors (Lipinski definition) is 0. The zero-order valence-corrected chi connectivity index (χ0v) is 9.59. The summed E-state index contributed by atoms with van der Waals surface area (Å²) in [6, 6.07) is 7.70. The lowest BCUT2D eigenvalue weighted by atomic mass is 10.4. The normalized spacial score (nSPS) is 17.5. The van der Waals surface area contributed by atoms with Gasteiger partial charge in [0.15, 0.2) is 0 Å². The van der Waals surface area contributed by atoms with Crippen molar-refractivity contribution in [2.75, 3.05) is 0 Å². The van der Waals surface area contributed by atoms with Crippen LogP contribution in [0.1, 0.15) is 12.8 Å². The summed E-state index contributed by atoms with van der Waals surface area (Å²) in [5.41, 5.74) is 0. The first kappa shape index (κ1) is 10.2. The standard InChI is InChI=1S/C10H7Cl2NS/c11-7-2-1-3-8(12)9(7)14-10(6-13)4-5-10/h1-3H,4-5H2. The minimum atomic E-state index is -0.269. The van der Waals surface area contributed by atoms with Crippen LogP contribution in [0.2, 0.25) is 10.0 Å². The molecule has 1 aliphatic rings. The van der Waals surface area contributed by atoms with Gasteiger partial charge < -0.3 is 0 Å². The molecule has 4 heteroatoms. The predicted octanol–water partition coefficient (Wildman–Crippen LogP) is 4.14. The van der Waals surface area contributed by atoms with Crippen LogP contribution in [0.25, 0.3) is 0 Å². The van der Waals surface area contributed by atoms with Crippen molar-refractivity contribution in [3.8, 4) is 6.07 Å². The molecule has 2 rings (SSSR count). The average Bonchev–Trinajstić information content (AvgIpc) is 2.93. The Morgan fingerprint density at radius 2 is 1.86 bits per heavy atom. The molecule has 0 N–H and O–H groups in total. The molecular weight excluding hydrogens is 237 g/mol. The molecular formula is C10H7Cl2NS. The Morgan fingerprint density at radius 3 is 2.29 bits per heavy atom. The van der Waals surface area contributed by atoms with E-state index >= 15 is 0 Å². The summed E-state index contributed by atoms with van der Waals surface area (Å²) in [4.78, 5) is 0.829. The lowest BCUT2D eigenvalue weighted by Crippen LogP contribution is -1.97. The molecule has 1 fully saturated rings. The van der Waals surface area contributed by atoms with Gasteiger partial charge in [-0.05, 0) is 25.0 Å². The predicted molar refractivity (Wildman–Crippen MR) is 59.9 cm³/mol. The van der Waals surface area contributed by atoms with Gasteiger partial charge in [0.1, 0.15) is 4.75 Å². The van der Waals surface area contributed by atoms with Crippen molar-refractivity contribution < 1.29 is 0 Å². The lowest BCUT2D eigenvalue weighted by molar-refractivity contribution is 1.19. The fraction of sp³-hybridized carbons (Fsp3) is 0.300. The van der Waals surface area contributed by atoms with E-state index in [1.807, 2.05) is 0 Å². The maximum atomic E-state index is 8.94. The maximum absolute atomic E-state index is 8.94. The Labute approximate surface area is 97.0 Å². The molecule has 1 aromatic carbocycles. The van der Waals surface area contributed by atoms with Crippen molar-refractivity contribution in [3.63, 3.8) is 0 Å². The van der Waals surface area contributed by atoms with Gasteiger partial charge in [-0.3, -0.25) is 0 Å². The summed E-state index contributed by atoms with van der Waals surface area (Å²) >= 11 is 13.5. The Kier molecular flexibility index (Phi) is 2.66. The highest BCUT2D eigenvalue weighted by Gasteiger charge is 2.45. The summed E-state index contributed by atoms with van der Waals surface area (Å²) < 4.78 is -0.269. The van der Waals surface area contributed by atoms with Crippen molar-refractivity contribution in [1.29, 1.82) is 5.26 Å². The number of nitrogens with zero attached hydrogens (tertiary/aromatic N) is 1. The molecule has 14 heavy (non-hydrogen) atoms. The molecule has 0 amide bonds. The van der Waals surface area contributed by atoms with Gasteiger partial charge in [-0.15, -0.1) is 11.8 Å². The van der Waals surface area contributed by atoms with Gasteiger partial charge in [-0.2, -0.15) is 5.26 Å². The average molecular weight is 244 g/mol. The maximum Gasteiger partial charge on any atom is 0.107 e. The third kappa shape index (κ3) is 1.86. The van der Waals surface area contributed by atoms with E-state index in [1.165, 1.54) is 11.8 Å². The number of thioether (sulfide) groups is 1. The Balaban J connectivity index is 2.30. The van der Waals surface area contributed by atoms with E-state index in [4.69, 9.17) is 28.5 Å². The van der Waals surface area contributed by atoms with Gasteiger partial charge in [0.25, 0.3) is 0 Å². The van der Waals surface area contributed by atoms with E-state index in [0.29, 0.717) is 10.0 Å². The summed E-state index contributed by atoms with van der Waals surface area (Å²) in [5, 5.41) is 10.2. The molecule has 0 spiro atoms. The van der Waals surface area contributed by atoms with Crippen LogP contribution in [-0.2, 0) is 0 Å². The molecule has 0 atom stereocenters. The van der Waals surface area contributed by atoms with E-state index in [1.54, 1.807) is 18.2 Å². The van der Waals surface area contributed by atoms with Crippen molar-refractivity contribution in [3.05, 3.63) is 28.2 Å². The molecule has 0 aliphatic heterocycles. The van der Waals surface area contributed by atoms with Crippen LogP contribution in [0.4, 0.5) is 0 Å². The Hall–Kier alpha value is -0.360. The second-order valence-electron chi connectivity index (χ2n) is 3.26. The van der Waals surface area contributed by atoms with Gasteiger partial charge in [0, 0.05) is 4.90 Å². The molecule has 1 saturated carbocycles. The first-order chi connectivity index (χ1) is 6.67. The van der Waals surface area contributed by atoms with Gasteiger partial charge >= 0.3 is 0 Å². The third-order valence-electron chi connectivity index (χ3n) is 2.12. The molecule has 0 aromatic heterocycles. The van der Waals surface area contributed by atoms with E-state index in [9.17, 15) is 0 Å². The number of hydrogen-bond acceptors (Lipinski definition) is 2. The first-order valence-electron chi connectivity index (χ1n) is 4.21. The van der Waals surface area contributed by atoms with Gasteiger partial charge in [-0.1, -0.05) is 29.3 Å². The van der Waals surface area contributed by atoms with Crippen LogP contribution in [0.15, 0.2) is 23.1 Å². The molecule has 0 bridgehead atoms. The van der Waals surface area contributed by atoms with Crippen LogP contribution in [0.5, 0.6) is 0 Å². The topological polar surface area (TPSA) is 23.8 Å². The summed E-state index contributed by atoms with van der Waals surface area (Å²) in [6.07, 6.45) is 1.85. The highest BCUT2D eigenvalue weighted by atomic mass is 35.5. The molecule has 0 saturated heterocycles. The smallest absolute Gasteiger partial charge is 0.107 e. The second kappa shape index (κ2) is 3.66. The molecule has 0 unspecified atom stereocenters. The zero-order valence-electron chi connectivity index (χ0n) is 7.26. The number of rotatable bonds is 2. The largest absolute Gasteiger partial charge is 0.197 e. The zero-order chi connectivity index (χ0) is 10.2. The number of halogens is 2. The Bertz CT molecular complexity index is 387. The second-order valence-corrected chi connectivity index (χ2v) is 5.47. The highest BCUT2D eigenvalue weighted by Crippen LogP contribution is 2.53. The van der Waals surface area contributed by atoms with E-state index in [2.05, 4.69) is 6.07 Å².